The van der Waals surface area contributed by atoms with Crippen molar-refractivity contribution in [1.82, 2.24) is 30.5 Å². The van der Waals surface area contributed by atoms with E-state index in [0.29, 0.717) is 82.1 Å². The molecule has 10 N–H and O–H groups in total. The summed E-state index contributed by atoms with van der Waals surface area (Å²) in [6.07, 6.45) is 2.94. The van der Waals surface area contributed by atoms with Crippen LogP contribution in [0.3, 0.4) is 0 Å². The number of cyclic esters (lactones) is 6. The number of nitrogens with two attached hydrogens (primary N) is 1. The molecule has 0 bridgehead atoms. The number of fused-ring (bicyclic) bond motifs is 7. The van der Waals surface area contributed by atoms with Crippen molar-refractivity contribution in [3.8, 4) is 5.75 Å². The second kappa shape index (κ2) is 52.3. The minimum atomic E-state index is -1.03. The number of benzene rings is 7. The monoisotopic (exact) mass is 1890 g/mol. The first-order valence-corrected chi connectivity index (χ1v) is 43.5. The Labute approximate surface area is 798 Å². The summed E-state index contributed by atoms with van der Waals surface area (Å²) in [4.78, 5) is 138. The SMILES string of the molecule is C.N[C@@H](c1ccccc1)[C@H](O)c1ccccc1.O=C(CBr)Oc1ccccc1.O=C1C=CCO1.O=C1CN[C@@H](c2ccccc2)[C@@H](c2ccccc2)O1.O=C1OC[C@H]2[C@@H]1CN1[C@@H]2C(=O)O[C@H](c2ccccc2)[C@@H]1c1ccccc1.O=C1OC[C@H]2[C@@H]1CN[C@@H]2C(=O)O.O=C[B]N1C[C@@H]2C(=O)OC[C@@H]2[C@H]1C(=O)O.O=C[B]N1C[C@@H]2COC[C@@H]2[C@H]1C(=O)O.OC[C@H]1NC[C@@H]2COC[C@@H]21.[AlH3].[H-].[Li+]. The number of hydrogen-bond donors (Lipinski definition) is 9. The maximum Gasteiger partial charge on any atom is 1.00 e. The zero-order chi connectivity index (χ0) is 91.5. The number of carboxylic acid groups (broad SMARTS) is 3. The van der Waals surface area contributed by atoms with Gasteiger partial charge in [-0.3, -0.25) is 53.4 Å². The fourth-order valence-electron chi connectivity index (χ4n) is 18.0. The molecule has 38 heteroatoms. The number of morpholine rings is 2. The third-order valence-corrected chi connectivity index (χ3v) is 24.9. The molecule has 13 aliphatic rings. The van der Waals surface area contributed by atoms with Gasteiger partial charge in [0.2, 0.25) is 0 Å². The first-order chi connectivity index (χ1) is 62.6. The number of aliphatic hydroxyl groups is 2. The van der Waals surface area contributed by atoms with E-state index >= 15 is 0 Å². The third kappa shape index (κ3) is 27.2. The standard InChI is InChI=1S/C21H19NO4.C16H15NO2.C14H15NO.C8H9BNO5.C8H11BNO4.C8H7BrO2.C7H9NO4.C7H13NO2.C4H4O2.CH4.Al.Li.4H/c23-20-15-11-22-17(13-7-3-1-4-8-13)19(14-9-5-2-6-10-14)26-21(24)18(22)16(15)12-25-20;18-14-11-17-15(12-7-3-1-4-8-12)16(19-14)13-9-5-2-6-10-13;15-13(11-7-3-1-4-8-11)14(16)12-9-5-2-6-10-12;11-3-9-10-1-4-5(2-15-8(4)14)6(10)7(12)13;11-4-9-10-1-5-2-14-3-6(5)7(10)8(12)13;9-6-8(10)11-7-4-2-1-3-5-7;9-6(10)5-4-2-12-7(11)3(4)1-8-5;9-2-7-6-4-10-3-5(6)1-8-7;5-4-2-1-3-6-4;;;;;;;/h1-10,15-19H,11-12H2;1-10,15-17H,11H2;1-10,13-14,16H,15H2;3-6H,1-2H2,(H,12,13);4-7H,1-3H2,(H,12,13);1-5H,6H2;3-5,8H,1-2H2,(H,9,10);5-9H,1-4H2;1-2H,3H2;1H4;;;;;;/q;;;;;;;;;;;+1;;;;-1/t15-,16-,17-,18-,19+;15-,16+;13-,14+;4-,5-,6-;5-,6+,7+;;3-,4-,5-;5-,6+,7-;;;;;;;;/m00001.01......../s1. The number of nitrogens with one attached hydrogen (secondary N) is 3. The van der Waals surface area contributed by atoms with Crippen LogP contribution in [0.5, 0.6) is 5.75 Å². The molecule has 21 atom stereocenters. The predicted molar refractivity (Wildman–Crippen MR) is 485 cm³/mol. The van der Waals surface area contributed by atoms with Crippen LogP contribution in [0.4, 0.5) is 0 Å². The van der Waals surface area contributed by atoms with E-state index in [9.17, 15) is 62.6 Å². The van der Waals surface area contributed by atoms with Crippen molar-refractivity contribution in [3.05, 3.63) is 258 Å². The Bertz CT molecular complexity index is 4910. The van der Waals surface area contributed by atoms with E-state index in [1.54, 1.807) is 23.0 Å². The van der Waals surface area contributed by atoms with E-state index in [4.69, 9.17) is 64.1 Å². The van der Waals surface area contributed by atoms with Crippen LogP contribution in [-0.4, -0.2) is 279 Å². The van der Waals surface area contributed by atoms with Crippen molar-refractivity contribution >= 4 is 120 Å². The van der Waals surface area contributed by atoms with E-state index in [1.165, 1.54) is 25.7 Å². The minimum absolute atomic E-state index is 0. The van der Waals surface area contributed by atoms with Gasteiger partial charge in [-0.1, -0.05) is 224 Å². The van der Waals surface area contributed by atoms with Crippen LogP contribution < -0.4 is 45.3 Å². The number of para-hydroxylation sites is 1. The van der Waals surface area contributed by atoms with Crippen molar-refractivity contribution in [2.75, 3.05) is 104 Å². The fourth-order valence-corrected chi connectivity index (χ4v) is 18.2. The molecule has 0 unspecified atom stereocenters. The molecule has 12 saturated heterocycles. The Hall–Kier alpha value is -10.4. The van der Waals surface area contributed by atoms with Gasteiger partial charge in [0, 0.05) is 79.7 Å². The Kier molecular flexibility index (Phi) is 41.7. The Morgan fingerprint density at radius 1 is 0.515 bits per heavy atom. The number of alkyl halides is 1. The van der Waals surface area contributed by atoms with E-state index in [0.717, 1.165) is 53.1 Å². The number of carboxylic acids is 3. The van der Waals surface area contributed by atoms with Gasteiger partial charge >= 0.3 is 78.6 Å². The van der Waals surface area contributed by atoms with Crippen LogP contribution in [0.2, 0.25) is 0 Å². The molecule has 0 saturated carbocycles. The zero-order valence-corrected chi connectivity index (χ0v) is 72.8. The number of ether oxygens (including phenoxy) is 9. The van der Waals surface area contributed by atoms with Gasteiger partial charge in [-0.25, -0.2) is 4.79 Å². The van der Waals surface area contributed by atoms with Gasteiger partial charge in [0.15, 0.2) is 17.4 Å². The van der Waals surface area contributed by atoms with Gasteiger partial charge in [0.25, 0.3) is 14.8 Å². The van der Waals surface area contributed by atoms with Gasteiger partial charge in [-0.05, 0) is 58.1 Å². The van der Waals surface area contributed by atoms with E-state index in [2.05, 4.69) is 53.6 Å². The summed E-state index contributed by atoms with van der Waals surface area (Å²) in [6, 6.07) is 65.3. The molecule has 2 radical (unpaired) electrons. The summed E-state index contributed by atoms with van der Waals surface area (Å²) in [5.74, 6) is -4.02. The quantitative estimate of drug-likeness (QED) is 0.0155. The molecule has 7 aromatic rings. The van der Waals surface area contributed by atoms with Crippen LogP contribution in [-0.2, 0) is 95.4 Å². The summed E-state index contributed by atoms with van der Waals surface area (Å²) < 4.78 is 46.0. The number of carbonyl (C=O) groups is 12. The molecule has 132 heavy (non-hydrogen) atoms. The van der Waals surface area contributed by atoms with Crippen molar-refractivity contribution in [3.63, 3.8) is 0 Å². The second-order valence-corrected chi connectivity index (χ2v) is 32.7. The third-order valence-electron chi connectivity index (χ3n) is 24.4. The summed E-state index contributed by atoms with van der Waals surface area (Å²) in [7, 11) is 2.49. The molecule has 12 fully saturated rings. The molecule has 13 heterocycles. The van der Waals surface area contributed by atoms with Crippen molar-refractivity contribution in [2.24, 2.45) is 64.9 Å². The Morgan fingerprint density at radius 2 is 1.00 bits per heavy atom. The summed E-state index contributed by atoms with van der Waals surface area (Å²) in [5.41, 5.74) is 12.0. The number of halogens is 1. The van der Waals surface area contributed by atoms with E-state index in [1.807, 2.05) is 188 Å². The van der Waals surface area contributed by atoms with Gasteiger partial charge in [0.05, 0.1) is 114 Å². The van der Waals surface area contributed by atoms with Gasteiger partial charge in [-0.2, -0.15) is 0 Å². The molecule has 20 rings (SSSR count). The Balaban J connectivity index is 0.000000188. The first-order valence-electron chi connectivity index (χ1n) is 42.4. The number of aliphatic carboxylic acids is 3. The molecule has 0 aliphatic carbocycles. The van der Waals surface area contributed by atoms with Gasteiger partial charge in [-0.15, -0.1) is 0 Å². The smallest absolute Gasteiger partial charge is 1.00 e. The summed E-state index contributed by atoms with van der Waals surface area (Å²) in [6.45, 7) is 7.31. The first kappa shape index (κ1) is 105. The number of hydrogen-bond acceptors (Lipinski definition) is 30. The molecular weight excluding hydrogens is 1780 g/mol. The van der Waals surface area contributed by atoms with Crippen LogP contribution in [0, 0.1) is 59.2 Å². The van der Waals surface area contributed by atoms with Crippen molar-refractivity contribution in [1.29, 1.82) is 0 Å². The fraction of sp³-hybridized carbons (Fsp3) is 0.404. The minimum Gasteiger partial charge on any atom is -1.00 e. The summed E-state index contributed by atoms with van der Waals surface area (Å²) in [5, 5.41) is 55.3. The zero-order valence-electron chi connectivity index (χ0n) is 72.2. The molecule has 694 valence electrons. The van der Waals surface area contributed by atoms with Crippen LogP contribution >= 0.6 is 15.9 Å². The maximum absolute atomic E-state index is 12.9. The average molecular weight is 1890 g/mol. The molecule has 0 spiro atoms. The molecule has 0 amide bonds. The van der Waals surface area contributed by atoms with E-state index in [-0.39, 0.29) is 191 Å². The number of nitrogens with zero attached hydrogens (tertiary/aromatic N) is 3. The molecule has 0 aromatic heterocycles. The molecule has 7 aromatic carbocycles. The number of esters is 7. The van der Waals surface area contributed by atoms with Gasteiger partial charge < -0.3 is 105 Å². The molecule has 13 aliphatic heterocycles. The second-order valence-electron chi connectivity index (χ2n) is 32.2. The molecular formula is C94H110AlB2BrLiN7O26. The maximum atomic E-state index is 12.9. The Morgan fingerprint density at radius 3 is 1.52 bits per heavy atom. The number of aliphatic hydroxyl groups excluding tert-OH is 2. The van der Waals surface area contributed by atoms with Crippen molar-refractivity contribution in [2.45, 2.75) is 74.1 Å². The number of rotatable bonds is 17. The van der Waals surface area contributed by atoms with Crippen LogP contribution in [0.25, 0.3) is 0 Å². The van der Waals surface area contributed by atoms with E-state index < -0.39 is 60.2 Å². The van der Waals surface area contributed by atoms with Crippen LogP contribution in [0.15, 0.2) is 224 Å². The summed E-state index contributed by atoms with van der Waals surface area (Å²) >= 11 is 3.00. The predicted octanol–water partition coefficient (Wildman–Crippen LogP) is 1.42. The largest absolute Gasteiger partial charge is 1.00 e. The topological polar surface area (TPSA) is 461 Å². The van der Waals surface area contributed by atoms with Crippen LogP contribution in [0.1, 0.15) is 78.7 Å². The normalized spacial score (nSPS) is 28.1. The average Bonchev–Trinajstić information content (AvgIpc) is 1.58. The number of carbonyl (C=O) groups excluding carboxylic acids is 9. The van der Waals surface area contributed by atoms with Gasteiger partial charge in [0.1, 0.15) is 54.1 Å². The molecule has 33 nitrogen and oxygen atoms in total. The van der Waals surface area contributed by atoms with Crippen molar-refractivity contribution < 1.29 is 146 Å².